The van der Waals surface area contributed by atoms with Crippen molar-refractivity contribution in [2.45, 2.75) is 32.7 Å². The molecule has 2 aromatic heterocycles. The summed E-state index contributed by atoms with van der Waals surface area (Å²) in [5.74, 6) is 1.07. The van der Waals surface area contributed by atoms with Gasteiger partial charge in [0, 0.05) is 35.3 Å². The van der Waals surface area contributed by atoms with Gasteiger partial charge in [-0.15, -0.1) is 0 Å². The van der Waals surface area contributed by atoms with Crippen LogP contribution in [0, 0.1) is 6.92 Å². The highest BCUT2D eigenvalue weighted by Crippen LogP contribution is 2.38. The van der Waals surface area contributed by atoms with Gasteiger partial charge in [0.1, 0.15) is 5.76 Å². The molecule has 0 bridgehead atoms. The van der Waals surface area contributed by atoms with Crippen molar-refractivity contribution in [3.8, 4) is 11.3 Å². The topological polar surface area (TPSA) is 60.1 Å². The Balaban J connectivity index is 1.33. The number of hydrogen-bond donors (Lipinski definition) is 1. The summed E-state index contributed by atoms with van der Waals surface area (Å²) in [4.78, 5) is 12.8. The molecule has 4 aromatic rings. The highest BCUT2D eigenvalue weighted by Gasteiger charge is 2.29. The monoisotopic (exact) mass is 445 g/mol. The number of nitrogens with one attached hydrogen (secondary N) is 1. The molecule has 0 unspecified atom stereocenters. The number of fused-ring (bicyclic) bond motifs is 3. The first-order chi connectivity index (χ1) is 15.6. The molecular formula is C26H24ClN3O2. The van der Waals surface area contributed by atoms with Crippen molar-refractivity contribution in [1.29, 1.82) is 0 Å². The summed E-state index contributed by atoms with van der Waals surface area (Å²) in [5.41, 5.74) is 6.26. The number of aromatic nitrogens is 2. The average molecular weight is 446 g/mol. The zero-order valence-corrected chi connectivity index (χ0v) is 18.7. The molecule has 1 aliphatic rings. The van der Waals surface area contributed by atoms with Gasteiger partial charge in [-0.1, -0.05) is 54.1 Å². The number of halogens is 1. The Kier molecular flexibility index (Phi) is 5.58. The number of hydrogen-bond acceptors (Lipinski definition) is 3. The van der Waals surface area contributed by atoms with Crippen LogP contribution in [0.3, 0.4) is 0 Å². The molecule has 0 aliphatic heterocycles. The molecular weight excluding hydrogens is 422 g/mol. The van der Waals surface area contributed by atoms with E-state index in [0.29, 0.717) is 18.8 Å². The molecule has 0 saturated carbocycles. The molecule has 32 heavy (non-hydrogen) atoms. The molecule has 6 heteroatoms. The minimum absolute atomic E-state index is 0.171. The Labute approximate surface area is 192 Å². The molecule has 0 fully saturated rings. The van der Waals surface area contributed by atoms with Crippen LogP contribution in [0.25, 0.3) is 11.3 Å². The summed E-state index contributed by atoms with van der Waals surface area (Å²) in [6.07, 6.45) is 4.50. The first-order valence-electron chi connectivity index (χ1n) is 10.8. The highest BCUT2D eigenvalue weighted by atomic mass is 35.5. The van der Waals surface area contributed by atoms with E-state index in [2.05, 4.69) is 23.6 Å². The molecule has 5 rings (SSSR count). The first-order valence-corrected chi connectivity index (χ1v) is 11.2. The third-order valence-electron chi connectivity index (χ3n) is 5.92. The summed E-state index contributed by atoms with van der Waals surface area (Å²) in [6, 6.07) is 17.9. The van der Waals surface area contributed by atoms with Crippen LogP contribution in [-0.2, 0) is 25.8 Å². The van der Waals surface area contributed by atoms with Crippen molar-refractivity contribution in [1.82, 2.24) is 15.1 Å². The molecule has 1 amide bonds. The van der Waals surface area contributed by atoms with Gasteiger partial charge in [-0.05, 0) is 48.6 Å². The maximum atomic E-state index is 12.8. The van der Waals surface area contributed by atoms with Gasteiger partial charge < -0.3 is 9.73 Å². The lowest BCUT2D eigenvalue weighted by molar-refractivity contribution is 0.0924. The quantitative estimate of drug-likeness (QED) is 0.442. The van der Waals surface area contributed by atoms with Gasteiger partial charge in [-0.3, -0.25) is 9.48 Å². The predicted molar refractivity (Wildman–Crippen MR) is 125 cm³/mol. The van der Waals surface area contributed by atoms with E-state index in [0.717, 1.165) is 52.4 Å². The Morgan fingerprint density at radius 2 is 1.88 bits per heavy atom. The van der Waals surface area contributed by atoms with E-state index in [-0.39, 0.29) is 5.91 Å². The van der Waals surface area contributed by atoms with Crippen molar-refractivity contribution in [3.05, 3.63) is 99.6 Å². The van der Waals surface area contributed by atoms with Crippen LogP contribution in [0.4, 0.5) is 0 Å². The number of amides is 1. The van der Waals surface area contributed by atoms with Gasteiger partial charge in [-0.2, -0.15) is 5.10 Å². The maximum Gasteiger partial charge on any atom is 0.287 e. The lowest BCUT2D eigenvalue weighted by Gasteiger charge is -2.09. The van der Waals surface area contributed by atoms with E-state index in [4.69, 9.17) is 21.1 Å². The normalized spacial score (nSPS) is 12.3. The average Bonchev–Trinajstić information content (AvgIpc) is 3.36. The van der Waals surface area contributed by atoms with Crippen LogP contribution in [0.5, 0.6) is 0 Å². The first kappa shape index (κ1) is 20.6. The van der Waals surface area contributed by atoms with Crippen LogP contribution in [0.15, 0.2) is 65.2 Å². The zero-order valence-electron chi connectivity index (χ0n) is 17.9. The summed E-state index contributed by atoms with van der Waals surface area (Å²) in [6.45, 7) is 3.18. The molecule has 1 aliphatic carbocycles. The Bertz CT molecular complexity index is 1260. The fourth-order valence-electron chi connectivity index (χ4n) is 4.28. The number of rotatable bonds is 6. The molecule has 0 spiro atoms. The Hall–Kier alpha value is -3.31. The standard InChI is InChI=1S/C26H24ClN3O2/c1-17-23-22(32-25(17)26(31)28-14-13-18-5-3-2-4-6-18)12-9-20-16-30(29-24(20)23)15-19-7-10-21(27)11-8-19/h2-8,10-11,16H,9,12-15H2,1H3,(H,28,31). The van der Waals surface area contributed by atoms with Crippen molar-refractivity contribution in [2.75, 3.05) is 6.54 Å². The van der Waals surface area contributed by atoms with E-state index in [1.165, 1.54) is 11.1 Å². The van der Waals surface area contributed by atoms with Crippen LogP contribution in [0.1, 0.15) is 38.6 Å². The molecule has 162 valence electrons. The fourth-order valence-corrected chi connectivity index (χ4v) is 4.41. The molecule has 0 atom stereocenters. The number of benzene rings is 2. The van der Waals surface area contributed by atoms with Crippen LogP contribution in [-0.4, -0.2) is 22.2 Å². The molecule has 5 nitrogen and oxygen atoms in total. The van der Waals surface area contributed by atoms with Crippen molar-refractivity contribution >= 4 is 17.5 Å². The number of aryl methyl sites for hydroxylation is 2. The number of furan rings is 1. The largest absolute Gasteiger partial charge is 0.455 e. The number of carbonyl (C=O) groups excluding carboxylic acids is 1. The smallest absolute Gasteiger partial charge is 0.287 e. The van der Waals surface area contributed by atoms with Gasteiger partial charge >= 0.3 is 0 Å². The van der Waals surface area contributed by atoms with Gasteiger partial charge in [0.25, 0.3) is 5.91 Å². The Morgan fingerprint density at radius 1 is 1.09 bits per heavy atom. The van der Waals surface area contributed by atoms with Crippen molar-refractivity contribution in [2.24, 2.45) is 0 Å². The van der Waals surface area contributed by atoms with Gasteiger partial charge in [0.15, 0.2) is 5.76 Å². The van der Waals surface area contributed by atoms with Crippen LogP contribution in [0.2, 0.25) is 5.02 Å². The molecule has 0 radical (unpaired) electrons. The summed E-state index contributed by atoms with van der Waals surface area (Å²) >= 11 is 6.00. The zero-order chi connectivity index (χ0) is 22.1. The molecule has 0 saturated heterocycles. The lowest BCUT2D eigenvalue weighted by Crippen LogP contribution is -2.25. The Morgan fingerprint density at radius 3 is 2.66 bits per heavy atom. The van der Waals surface area contributed by atoms with Crippen molar-refractivity contribution < 1.29 is 9.21 Å². The summed E-state index contributed by atoms with van der Waals surface area (Å²) < 4.78 is 7.98. The lowest BCUT2D eigenvalue weighted by atomic mass is 9.93. The van der Waals surface area contributed by atoms with Crippen molar-refractivity contribution in [3.63, 3.8) is 0 Å². The minimum Gasteiger partial charge on any atom is -0.455 e. The second-order valence-electron chi connectivity index (χ2n) is 8.17. The van der Waals surface area contributed by atoms with Crippen LogP contribution >= 0.6 is 11.6 Å². The molecule has 1 N–H and O–H groups in total. The van der Waals surface area contributed by atoms with E-state index >= 15 is 0 Å². The fraction of sp³-hybridized carbons (Fsp3) is 0.231. The maximum absolute atomic E-state index is 12.8. The summed E-state index contributed by atoms with van der Waals surface area (Å²) in [7, 11) is 0. The third kappa shape index (κ3) is 4.08. The van der Waals surface area contributed by atoms with Gasteiger partial charge in [-0.25, -0.2) is 0 Å². The van der Waals surface area contributed by atoms with E-state index in [9.17, 15) is 4.79 Å². The van der Waals surface area contributed by atoms with Gasteiger partial charge in [0.2, 0.25) is 0 Å². The SMILES string of the molecule is Cc1c(C(=O)NCCc2ccccc2)oc2c1-c1nn(Cc3ccc(Cl)cc3)cc1CC2. The number of nitrogens with zero attached hydrogens (tertiary/aromatic N) is 2. The third-order valence-corrected chi connectivity index (χ3v) is 6.17. The van der Waals surface area contributed by atoms with Crippen LogP contribution < -0.4 is 5.32 Å². The second kappa shape index (κ2) is 8.67. The number of carbonyl (C=O) groups is 1. The van der Waals surface area contributed by atoms with E-state index in [1.54, 1.807) is 0 Å². The molecule has 2 aromatic carbocycles. The highest BCUT2D eigenvalue weighted by molar-refractivity contribution is 6.30. The summed E-state index contributed by atoms with van der Waals surface area (Å²) in [5, 5.41) is 8.56. The van der Waals surface area contributed by atoms with E-state index < -0.39 is 0 Å². The molecule has 2 heterocycles. The minimum atomic E-state index is -0.171. The predicted octanol–water partition coefficient (Wildman–Crippen LogP) is 5.22. The van der Waals surface area contributed by atoms with Gasteiger partial charge in [0.05, 0.1) is 12.2 Å². The van der Waals surface area contributed by atoms with E-state index in [1.807, 2.05) is 54.1 Å². The second-order valence-corrected chi connectivity index (χ2v) is 8.61.